The molecule has 0 fully saturated rings. The number of nitrogens with one attached hydrogen (secondary N) is 1. The Bertz CT molecular complexity index is 1280. The van der Waals surface area contributed by atoms with Crippen molar-refractivity contribution in [1.29, 1.82) is 0 Å². The third-order valence-corrected chi connectivity index (χ3v) is 5.10. The second-order valence-corrected chi connectivity index (χ2v) is 7.46. The highest BCUT2D eigenvalue weighted by Gasteiger charge is 2.10. The Morgan fingerprint density at radius 3 is 2.45 bits per heavy atom. The number of carbonyl (C=O) groups excluding carboxylic acids is 1. The van der Waals surface area contributed by atoms with E-state index in [2.05, 4.69) is 12.2 Å². The van der Waals surface area contributed by atoms with Gasteiger partial charge >= 0.3 is 0 Å². The minimum Gasteiger partial charge on any atom is -0.484 e. The van der Waals surface area contributed by atoms with Crippen molar-refractivity contribution < 1.29 is 13.9 Å². The highest BCUT2D eigenvalue weighted by atomic mass is 35.5. The van der Waals surface area contributed by atoms with E-state index in [1.807, 2.05) is 24.3 Å². The molecule has 0 aliphatic heterocycles. The van der Waals surface area contributed by atoms with E-state index in [4.69, 9.17) is 20.8 Å². The molecule has 6 heteroatoms. The molecule has 1 aromatic heterocycles. The second-order valence-electron chi connectivity index (χ2n) is 7.03. The number of anilines is 1. The molecule has 0 aliphatic rings. The average molecular weight is 434 g/mol. The van der Waals surface area contributed by atoms with Gasteiger partial charge in [0.1, 0.15) is 17.1 Å². The fourth-order valence-electron chi connectivity index (χ4n) is 3.15. The van der Waals surface area contributed by atoms with Crippen molar-refractivity contribution in [3.8, 4) is 17.1 Å². The van der Waals surface area contributed by atoms with Crippen molar-refractivity contribution >= 4 is 34.2 Å². The van der Waals surface area contributed by atoms with Crippen LogP contribution >= 0.6 is 11.6 Å². The third-order valence-electron chi connectivity index (χ3n) is 4.84. The fraction of sp³-hybridized carbons (Fsp3) is 0.120. The van der Waals surface area contributed by atoms with Crippen LogP contribution in [0.5, 0.6) is 5.75 Å². The van der Waals surface area contributed by atoms with Crippen LogP contribution in [0.25, 0.3) is 22.3 Å². The molecule has 1 amide bonds. The van der Waals surface area contributed by atoms with E-state index in [-0.39, 0.29) is 17.9 Å². The summed E-state index contributed by atoms with van der Waals surface area (Å²) in [7, 11) is 0. The zero-order valence-electron chi connectivity index (χ0n) is 16.9. The molecule has 0 spiro atoms. The number of carbonyl (C=O) groups is 1. The number of aryl methyl sites for hydroxylation is 1. The number of rotatable bonds is 6. The first-order valence-corrected chi connectivity index (χ1v) is 10.2. The summed E-state index contributed by atoms with van der Waals surface area (Å²) in [6, 6.07) is 21.0. The molecule has 3 aromatic carbocycles. The molecule has 5 nitrogen and oxygen atoms in total. The average Bonchev–Trinajstić information content (AvgIpc) is 2.79. The molecule has 4 rings (SSSR count). The van der Waals surface area contributed by atoms with Crippen LogP contribution < -0.4 is 15.5 Å². The van der Waals surface area contributed by atoms with Crippen LogP contribution in [0.1, 0.15) is 12.5 Å². The van der Waals surface area contributed by atoms with E-state index in [1.165, 1.54) is 11.6 Å². The SMILES string of the molecule is CCc1ccc(NC(=O)COc2ccc3oc(-c4ccc(Cl)cc4)cc(=O)c3c2)cc1. The van der Waals surface area contributed by atoms with Crippen molar-refractivity contribution in [2.24, 2.45) is 0 Å². The number of ether oxygens (including phenoxy) is 1. The Morgan fingerprint density at radius 2 is 1.74 bits per heavy atom. The molecule has 4 aromatic rings. The lowest BCUT2D eigenvalue weighted by atomic mass is 10.1. The van der Waals surface area contributed by atoms with Crippen LogP contribution in [0.3, 0.4) is 0 Å². The number of fused-ring (bicyclic) bond motifs is 1. The maximum absolute atomic E-state index is 12.6. The van der Waals surface area contributed by atoms with Gasteiger partial charge in [-0.05, 0) is 66.6 Å². The van der Waals surface area contributed by atoms with Crippen LogP contribution in [0, 0.1) is 0 Å². The van der Waals surface area contributed by atoms with Gasteiger partial charge in [-0.25, -0.2) is 0 Å². The largest absolute Gasteiger partial charge is 0.484 e. The molecule has 0 radical (unpaired) electrons. The number of hydrogen-bond acceptors (Lipinski definition) is 4. The molecule has 0 atom stereocenters. The van der Waals surface area contributed by atoms with Crippen LogP contribution in [-0.4, -0.2) is 12.5 Å². The van der Waals surface area contributed by atoms with Crippen LogP contribution in [0.15, 0.2) is 82.0 Å². The summed E-state index contributed by atoms with van der Waals surface area (Å²) in [5.74, 6) is 0.585. The Hall–Kier alpha value is -3.57. The summed E-state index contributed by atoms with van der Waals surface area (Å²) in [5, 5.41) is 3.78. The second kappa shape index (κ2) is 9.06. The Kier molecular flexibility index (Phi) is 6.05. The maximum Gasteiger partial charge on any atom is 0.262 e. The Balaban J connectivity index is 1.46. The Morgan fingerprint density at radius 1 is 1.00 bits per heavy atom. The van der Waals surface area contributed by atoms with E-state index in [1.54, 1.807) is 42.5 Å². The number of benzene rings is 3. The quantitative estimate of drug-likeness (QED) is 0.424. The van der Waals surface area contributed by atoms with Gasteiger partial charge in [0.05, 0.1) is 5.39 Å². The lowest BCUT2D eigenvalue weighted by Crippen LogP contribution is -2.20. The first kappa shape index (κ1) is 20.7. The monoisotopic (exact) mass is 433 g/mol. The number of hydrogen-bond donors (Lipinski definition) is 1. The molecule has 156 valence electrons. The van der Waals surface area contributed by atoms with E-state index in [9.17, 15) is 9.59 Å². The number of amides is 1. The van der Waals surface area contributed by atoms with Gasteiger partial charge in [0.15, 0.2) is 12.0 Å². The molecule has 0 unspecified atom stereocenters. The molecular formula is C25H20ClNO4. The van der Waals surface area contributed by atoms with Crippen molar-refractivity contribution in [3.63, 3.8) is 0 Å². The molecule has 1 N–H and O–H groups in total. The molecule has 0 bridgehead atoms. The first-order chi connectivity index (χ1) is 15.0. The lowest BCUT2D eigenvalue weighted by molar-refractivity contribution is -0.118. The summed E-state index contributed by atoms with van der Waals surface area (Å²) < 4.78 is 11.4. The minimum absolute atomic E-state index is 0.171. The van der Waals surface area contributed by atoms with E-state index < -0.39 is 0 Å². The molecule has 0 aliphatic carbocycles. The predicted molar refractivity (Wildman–Crippen MR) is 123 cm³/mol. The zero-order valence-corrected chi connectivity index (χ0v) is 17.6. The highest BCUT2D eigenvalue weighted by Crippen LogP contribution is 2.25. The topological polar surface area (TPSA) is 68.5 Å². The summed E-state index contributed by atoms with van der Waals surface area (Å²) in [5.41, 5.74) is 2.90. The normalized spacial score (nSPS) is 10.8. The van der Waals surface area contributed by atoms with Crippen LogP contribution in [-0.2, 0) is 11.2 Å². The van der Waals surface area contributed by atoms with Gasteiger partial charge in [-0.2, -0.15) is 0 Å². The minimum atomic E-state index is -0.283. The summed E-state index contributed by atoms with van der Waals surface area (Å²) in [4.78, 5) is 24.8. The van der Waals surface area contributed by atoms with Gasteiger partial charge < -0.3 is 14.5 Å². The van der Waals surface area contributed by atoms with Crippen molar-refractivity contribution in [3.05, 3.63) is 93.6 Å². The van der Waals surface area contributed by atoms with Crippen molar-refractivity contribution in [1.82, 2.24) is 0 Å². The fourth-order valence-corrected chi connectivity index (χ4v) is 3.28. The van der Waals surface area contributed by atoms with Gasteiger partial charge in [-0.3, -0.25) is 9.59 Å². The van der Waals surface area contributed by atoms with Crippen LogP contribution in [0.2, 0.25) is 5.02 Å². The first-order valence-electron chi connectivity index (χ1n) is 9.87. The summed E-state index contributed by atoms with van der Waals surface area (Å²) in [6.07, 6.45) is 0.939. The zero-order chi connectivity index (χ0) is 21.8. The Labute approximate surface area is 184 Å². The van der Waals surface area contributed by atoms with Gasteiger partial charge in [0.25, 0.3) is 5.91 Å². The lowest BCUT2D eigenvalue weighted by Gasteiger charge is -2.09. The van der Waals surface area contributed by atoms with E-state index >= 15 is 0 Å². The van der Waals surface area contributed by atoms with Crippen molar-refractivity contribution in [2.75, 3.05) is 11.9 Å². The summed E-state index contributed by atoms with van der Waals surface area (Å²) >= 11 is 5.92. The van der Waals surface area contributed by atoms with Gasteiger partial charge in [-0.15, -0.1) is 0 Å². The third kappa shape index (κ3) is 4.95. The van der Waals surface area contributed by atoms with E-state index in [0.29, 0.717) is 33.2 Å². The molecule has 31 heavy (non-hydrogen) atoms. The molecule has 0 saturated heterocycles. The molecule has 0 saturated carbocycles. The van der Waals surface area contributed by atoms with Gasteiger partial charge in [-0.1, -0.05) is 30.7 Å². The van der Waals surface area contributed by atoms with Gasteiger partial charge in [0.2, 0.25) is 0 Å². The van der Waals surface area contributed by atoms with Crippen LogP contribution in [0.4, 0.5) is 5.69 Å². The summed E-state index contributed by atoms with van der Waals surface area (Å²) in [6.45, 7) is 1.90. The molecule has 1 heterocycles. The number of halogens is 1. The highest BCUT2D eigenvalue weighted by molar-refractivity contribution is 6.30. The van der Waals surface area contributed by atoms with Gasteiger partial charge in [0, 0.05) is 22.3 Å². The smallest absolute Gasteiger partial charge is 0.262 e. The maximum atomic E-state index is 12.6. The predicted octanol–water partition coefficient (Wildman–Crippen LogP) is 5.69. The van der Waals surface area contributed by atoms with E-state index in [0.717, 1.165) is 12.0 Å². The van der Waals surface area contributed by atoms with Crippen molar-refractivity contribution in [2.45, 2.75) is 13.3 Å². The molecular weight excluding hydrogens is 414 g/mol. The standard InChI is InChI=1S/C25H20ClNO4/c1-2-16-3-9-19(10-4-16)27-25(29)15-30-20-11-12-23-21(13-20)22(28)14-24(31-23)17-5-7-18(26)8-6-17/h3-14H,2,15H2,1H3,(H,27,29).